The van der Waals surface area contributed by atoms with Crippen LogP contribution in [0.4, 0.5) is 10.1 Å². The van der Waals surface area contributed by atoms with Crippen molar-refractivity contribution >= 4 is 17.3 Å². The van der Waals surface area contributed by atoms with Crippen molar-refractivity contribution in [3.05, 3.63) is 59.3 Å². The quantitative estimate of drug-likeness (QED) is 0.508. The predicted octanol–water partition coefficient (Wildman–Crippen LogP) is 3.47. The van der Waals surface area contributed by atoms with E-state index in [1.807, 2.05) is 0 Å². The molecule has 0 saturated heterocycles. The summed E-state index contributed by atoms with van der Waals surface area (Å²) >= 11 is 5.67. The first kappa shape index (κ1) is 17.8. The van der Waals surface area contributed by atoms with Gasteiger partial charge in [0.15, 0.2) is 0 Å². The molecule has 0 saturated carbocycles. The molecule has 1 aromatic heterocycles. The molecule has 116 valence electrons. The molecule has 0 aliphatic heterocycles. The lowest BCUT2D eigenvalue weighted by molar-refractivity contribution is -0.277. The Morgan fingerprint density at radius 1 is 1.41 bits per heavy atom. The number of nitrogens with one attached hydrogen (secondary N) is 1. The highest BCUT2D eigenvalue weighted by Gasteiger charge is 2.21. The molecule has 0 aliphatic rings. The van der Waals surface area contributed by atoms with Gasteiger partial charge in [-0.1, -0.05) is 11.6 Å². The normalized spacial score (nSPS) is 10.9. The second kappa shape index (κ2) is 9.65. The van der Waals surface area contributed by atoms with E-state index in [-0.39, 0.29) is 5.02 Å². The van der Waals surface area contributed by atoms with Gasteiger partial charge in [0, 0.05) is 17.8 Å². The molecule has 3 N–H and O–H groups in total. The van der Waals surface area contributed by atoms with E-state index in [0.717, 1.165) is 0 Å². The van der Waals surface area contributed by atoms with Gasteiger partial charge in [-0.2, -0.15) is 11.2 Å². The van der Waals surface area contributed by atoms with Crippen LogP contribution in [0.3, 0.4) is 0 Å². The zero-order chi connectivity index (χ0) is 16.4. The Morgan fingerprint density at radius 3 is 2.64 bits per heavy atom. The number of rotatable bonds is 4. The third-order valence-corrected chi connectivity index (χ3v) is 2.68. The minimum Gasteiger partial charge on any atom is -0.359 e. The third-order valence-electron chi connectivity index (χ3n) is 2.39. The van der Waals surface area contributed by atoms with Crippen molar-refractivity contribution in [2.24, 2.45) is 5.90 Å². The Hall–Kier alpha value is -2.24. The molecule has 2 rings (SSSR count). The molecular formula is C14H14ClFN3O3+. The van der Waals surface area contributed by atoms with E-state index in [2.05, 4.69) is 27.2 Å². The van der Waals surface area contributed by atoms with Gasteiger partial charge in [-0.05, 0) is 24.3 Å². The molecule has 0 fully saturated rings. The first-order chi connectivity index (χ1) is 10.6. The van der Waals surface area contributed by atoms with Crippen LogP contribution in [-0.4, -0.2) is 7.11 Å². The molecule has 0 aliphatic carbocycles. The highest BCUT2D eigenvalue weighted by Crippen LogP contribution is 2.23. The van der Waals surface area contributed by atoms with E-state index >= 15 is 0 Å². The number of halogens is 2. The number of nitriles is 1. The van der Waals surface area contributed by atoms with Crippen LogP contribution in [0.15, 0.2) is 47.1 Å². The summed E-state index contributed by atoms with van der Waals surface area (Å²) in [6, 6.07) is 10.7. The number of hydrogen-bond donors (Lipinski definition) is 2. The SMILES string of the molecule is COON.N#CC(Nc1ccc(F)c(Cl)c1)c1cccc[o+]1. The molecule has 1 aromatic carbocycles. The number of nitrogens with two attached hydrogens (primary N) is 1. The maximum atomic E-state index is 13.0. The highest BCUT2D eigenvalue weighted by atomic mass is 35.5. The van der Waals surface area contributed by atoms with Crippen molar-refractivity contribution in [1.82, 2.24) is 0 Å². The molecule has 1 heterocycles. The van der Waals surface area contributed by atoms with Crippen LogP contribution in [0.25, 0.3) is 0 Å². The number of nitrogens with zero attached hydrogens (tertiary/aromatic N) is 1. The smallest absolute Gasteiger partial charge is 0.359 e. The van der Waals surface area contributed by atoms with E-state index < -0.39 is 11.9 Å². The summed E-state index contributed by atoms with van der Waals surface area (Å²) in [5.41, 5.74) is 0.548. The van der Waals surface area contributed by atoms with Crippen LogP contribution in [0.1, 0.15) is 11.8 Å². The van der Waals surface area contributed by atoms with Crippen LogP contribution < -0.4 is 11.2 Å². The molecule has 0 spiro atoms. The van der Waals surface area contributed by atoms with Gasteiger partial charge in [-0.15, -0.1) is 4.99 Å². The van der Waals surface area contributed by atoms with Crippen LogP contribution in [0.5, 0.6) is 0 Å². The lowest BCUT2D eigenvalue weighted by atomic mass is 10.2. The third kappa shape index (κ3) is 5.63. The van der Waals surface area contributed by atoms with Crippen LogP contribution in [-0.2, 0) is 9.88 Å². The van der Waals surface area contributed by atoms with Gasteiger partial charge >= 0.3 is 12.0 Å². The topological polar surface area (TPSA) is 91.6 Å². The standard InChI is InChI=1S/C13H9ClFN2O.CH5NO2/c14-10-7-9(4-5-11(10)15)17-12(8-16)13-3-1-2-6-18-13;1-3-4-2/h1-7,12,17H;2H2,1H3/q+1;. The maximum absolute atomic E-state index is 13.0. The Bertz CT molecular complexity index is 620. The summed E-state index contributed by atoms with van der Waals surface area (Å²) in [6.45, 7) is 0. The Morgan fingerprint density at radius 2 is 2.14 bits per heavy atom. The summed E-state index contributed by atoms with van der Waals surface area (Å²) in [4.78, 5) is 7.36. The summed E-state index contributed by atoms with van der Waals surface area (Å²) in [7, 11) is 1.33. The largest absolute Gasteiger partial charge is 0.365 e. The molecule has 0 bridgehead atoms. The first-order valence-electron chi connectivity index (χ1n) is 5.99. The fourth-order valence-corrected chi connectivity index (χ4v) is 1.62. The molecule has 0 radical (unpaired) electrons. The van der Waals surface area contributed by atoms with Crippen LogP contribution in [0, 0.1) is 17.1 Å². The summed E-state index contributed by atoms with van der Waals surface area (Å²) < 4.78 is 18.2. The maximum Gasteiger partial charge on any atom is 0.365 e. The van der Waals surface area contributed by atoms with E-state index in [1.165, 1.54) is 31.6 Å². The molecule has 8 heteroatoms. The van der Waals surface area contributed by atoms with E-state index in [9.17, 15) is 4.39 Å². The van der Waals surface area contributed by atoms with Crippen molar-refractivity contribution < 1.29 is 18.7 Å². The fraction of sp³-hybridized carbons (Fsp3) is 0.143. The number of hydrogen-bond acceptors (Lipinski definition) is 5. The molecule has 1 atom stereocenters. The summed E-state index contributed by atoms with van der Waals surface area (Å²) in [6.07, 6.45) is 1.49. The van der Waals surface area contributed by atoms with E-state index in [4.69, 9.17) is 21.3 Å². The summed E-state index contributed by atoms with van der Waals surface area (Å²) in [5, 5.41) is 12.0. The average molecular weight is 327 g/mol. The molecule has 2 aromatic rings. The van der Waals surface area contributed by atoms with Gasteiger partial charge in [-0.3, -0.25) is 0 Å². The van der Waals surface area contributed by atoms with Crippen molar-refractivity contribution in [3.63, 3.8) is 0 Å². The van der Waals surface area contributed by atoms with E-state index in [1.54, 1.807) is 18.2 Å². The van der Waals surface area contributed by atoms with Gasteiger partial charge in [0.2, 0.25) is 6.04 Å². The van der Waals surface area contributed by atoms with Gasteiger partial charge in [-0.25, -0.2) is 13.7 Å². The lowest BCUT2D eigenvalue weighted by Gasteiger charge is -2.07. The van der Waals surface area contributed by atoms with Gasteiger partial charge in [0.05, 0.1) is 12.1 Å². The molecule has 0 amide bonds. The second-order valence-corrected chi connectivity index (χ2v) is 4.21. The van der Waals surface area contributed by atoms with Crippen molar-refractivity contribution in [2.75, 3.05) is 12.4 Å². The molecule has 22 heavy (non-hydrogen) atoms. The van der Waals surface area contributed by atoms with Crippen molar-refractivity contribution in [1.29, 1.82) is 5.26 Å². The minimum atomic E-state index is -0.660. The van der Waals surface area contributed by atoms with Gasteiger partial charge < -0.3 is 5.32 Å². The van der Waals surface area contributed by atoms with Gasteiger partial charge in [0.1, 0.15) is 11.9 Å². The lowest BCUT2D eigenvalue weighted by Crippen LogP contribution is -2.08. The number of benzene rings is 1. The fourth-order valence-electron chi connectivity index (χ4n) is 1.44. The molecule has 1 unspecified atom stereocenters. The predicted molar refractivity (Wildman–Crippen MR) is 78.8 cm³/mol. The monoisotopic (exact) mass is 326 g/mol. The Balaban J connectivity index is 0.000000541. The number of anilines is 1. The minimum absolute atomic E-state index is 0.00157. The van der Waals surface area contributed by atoms with Crippen LogP contribution in [0.2, 0.25) is 5.02 Å². The van der Waals surface area contributed by atoms with Crippen LogP contribution >= 0.6 is 11.6 Å². The van der Waals surface area contributed by atoms with Crippen molar-refractivity contribution in [3.8, 4) is 6.07 Å². The Kier molecular flexibility index (Phi) is 7.81. The molecular weight excluding hydrogens is 313 g/mol. The zero-order valence-corrected chi connectivity index (χ0v) is 12.4. The Labute approximate surface area is 131 Å². The first-order valence-corrected chi connectivity index (χ1v) is 6.37. The highest BCUT2D eigenvalue weighted by molar-refractivity contribution is 6.31. The second-order valence-electron chi connectivity index (χ2n) is 3.81. The average Bonchev–Trinajstić information content (AvgIpc) is 2.57. The van der Waals surface area contributed by atoms with Crippen molar-refractivity contribution in [2.45, 2.75) is 6.04 Å². The molecule has 6 nitrogen and oxygen atoms in total. The van der Waals surface area contributed by atoms with Gasteiger partial charge in [0.25, 0.3) is 0 Å². The summed E-state index contributed by atoms with van der Waals surface area (Å²) in [5.74, 6) is 4.28. The zero-order valence-electron chi connectivity index (χ0n) is 11.6. The van der Waals surface area contributed by atoms with E-state index in [0.29, 0.717) is 11.4 Å².